The number of amides is 1. The number of aliphatic hydroxyl groups excluding tert-OH is 1. The van der Waals surface area contributed by atoms with Crippen LogP contribution in [0, 0.1) is 0 Å². The summed E-state index contributed by atoms with van der Waals surface area (Å²) in [4.78, 5) is 12.5. The summed E-state index contributed by atoms with van der Waals surface area (Å²) >= 11 is 0. The minimum atomic E-state index is 0.0486. The van der Waals surface area contributed by atoms with Gasteiger partial charge in [0.15, 0.2) is 0 Å². The van der Waals surface area contributed by atoms with Gasteiger partial charge in [-0.2, -0.15) is 0 Å². The first-order chi connectivity index (χ1) is 5.22. The molecule has 0 unspecified atom stereocenters. The molecule has 0 saturated heterocycles. The van der Waals surface area contributed by atoms with Crippen LogP contribution in [0.15, 0.2) is 0 Å². The van der Waals surface area contributed by atoms with Gasteiger partial charge in [-0.1, -0.05) is 13.3 Å². The van der Waals surface area contributed by atoms with Crippen LogP contribution in [0.4, 0.5) is 0 Å². The number of carbonyl (C=O) groups excluding carboxylic acids is 1. The Hall–Kier alpha value is -0.570. The van der Waals surface area contributed by atoms with Crippen LogP contribution in [0.25, 0.3) is 0 Å². The van der Waals surface area contributed by atoms with Crippen LogP contribution < -0.4 is 0 Å². The van der Waals surface area contributed by atoms with E-state index in [1.54, 1.807) is 4.90 Å². The zero-order valence-electron chi connectivity index (χ0n) is 7.34. The molecule has 1 N–H and O–H groups in total. The molecule has 11 heavy (non-hydrogen) atoms. The molecule has 0 aromatic carbocycles. The molecule has 0 aliphatic rings. The van der Waals surface area contributed by atoms with E-state index in [0.717, 1.165) is 19.4 Å². The van der Waals surface area contributed by atoms with Crippen LogP contribution in [0.5, 0.6) is 0 Å². The standard InChI is InChI=1S/C8H17NO2/c1-3-4-5-9(6-7-10)8(2)11/h10H,3-7H2,1-2H3. The fourth-order valence-corrected chi connectivity index (χ4v) is 0.896. The van der Waals surface area contributed by atoms with Crippen LogP contribution in [-0.4, -0.2) is 35.6 Å². The number of hydrogen-bond donors (Lipinski definition) is 1. The van der Waals surface area contributed by atoms with E-state index >= 15 is 0 Å². The molecule has 3 heteroatoms. The van der Waals surface area contributed by atoms with E-state index in [4.69, 9.17) is 5.11 Å². The van der Waals surface area contributed by atoms with Crippen molar-refractivity contribution in [3.63, 3.8) is 0 Å². The molecular formula is C8H17NO2. The minimum absolute atomic E-state index is 0.0486. The quantitative estimate of drug-likeness (QED) is 0.639. The normalized spacial score (nSPS) is 9.73. The van der Waals surface area contributed by atoms with E-state index in [9.17, 15) is 4.79 Å². The number of unbranched alkanes of at least 4 members (excludes halogenated alkanes) is 1. The first-order valence-electron chi connectivity index (χ1n) is 4.08. The summed E-state index contributed by atoms with van der Waals surface area (Å²) in [6.45, 7) is 4.91. The zero-order chi connectivity index (χ0) is 8.69. The average molecular weight is 159 g/mol. The Morgan fingerprint density at radius 3 is 2.45 bits per heavy atom. The van der Waals surface area contributed by atoms with Gasteiger partial charge in [-0.3, -0.25) is 4.79 Å². The SMILES string of the molecule is CCCCN(CCO)C(C)=O. The molecule has 3 nitrogen and oxygen atoms in total. The maximum Gasteiger partial charge on any atom is 0.219 e. The van der Waals surface area contributed by atoms with Crippen molar-refractivity contribution in [1.82, 2.24) is 4.90 Å². The number of rotatable bonds is 5. The number of hydrogen-bond acceptors (Lipinski definition) is 2. The molecule has 0 heterocycles. The first-order valence-corrected chi connectivity index (χ1v) is 4.08. The van der Waals surface area contributed by atoms with Crippen molar-refractivity contribution in [2.75, 3.05) is 19.7 Å². The third kappa shape index (κ3) is 4.79. The van der Waals surface area contributed by atoms with Gasteiger partial charge in [0.25, 0.3) is 0 Å². The molecule has 0 aliphatic heterocycles. The average Bonchev–Trinajstić information content (AvgIpc) is 1.97. The van der Waals surface area contributed by atoms with Gasteiger partial charge in [-0.25, -0.2) is 0 Å². The van der Waals surface area contributed by atoms with Crippen molar-refractivity contribution in [1.29, 1.82) is 0 Å². The highest BCUT2D eigenvalue weighted by atomic mass is 16.3. The van der Waals surface area contributed by atoms with Crippen LogP contribution in [-0.2, 0) is 4.79 Å². The summed E-state index contributed by atoms with van der Waals surface area (Å²) in [6, 6.07) is 0. The first kappa shape index (κ1) is 10.4. The largest absolute Gasteiger partial charge is 0.395 e. The van der Waals surface area contributed by atoms with Gasteiger partial charge in [-0.05, 0) is 6.42 Å². The second kappa shape index (κ2) is 6.16. The van der Waals surface area contributed by atoms with E-state index in [0.29, 0.717) is 6.54 Å². The van der Waals surface area contributed by atoms with Gasteiger partial charge in [-0.15, -0.1) is 0 Å². The summed E-state index contributed by atoms with van der Waals surface area (Å²) in [5, 5.41) is 8.59. The van der Waals surface area contributed by atoms with Gasteiger partial charge in [0.05, 0.1) is 6.61 Å². The van der Waals surface area contributed by atoms with Crippen molar-refractivity contribution >= 4 is 5.91 Å². The molecule has 1 amide bonds. The lowest BCUT2D eigenvalue weighted by atomic mass is 10.3. The molecule has 0 atom stereocenters. The maximum atomic E-state index is 10.9. The van der Waals surface area contributed by atoms with E-state index in [1.165, 1.54) is 6.92 Å². The Labute approximate surface area is 68.0 Å². The molecule has 0 fully saturated rings. The molecule has 0 spiro atoms. The third-order valence-corrected chi connectivity index (χ3v) is 1.60. The Kier molecular flexibility index (Phi) is 5.84. The van der Waals surface area contributed by atoms with Gasteiger partial charge in [0.2, 0.25) is 5.91 Å². The molecule has 0 bridgehead atoms. The summed E-state index contributed by atoms with van der Waals surface area (Å²) in [6.07, 6.45) is 2.09. The molecule has 0 aromatic rings. The van der Waals surface area contributed by atoms with Gasteiger partial charge < -0.3 is 10.0 Å². The maximum absolute atomic E-state index is 10.9. The second-order valence-corrected chi connectivity index (χ2v) is 2.58. The summed E-state index contributed by atoms with van der Waals surface area (Å²) in [7, 11) is 0. The van der Waals surface area contributed by atoms with Crippen LogP contribution in [0.2, 0.25) is 0 Å². The fourth-order valence-electron chi connectivity index (χ4n) is 0.896. The predicted octanol–water partition coefficient (Wildman–Crippen LogP) is 0.627. The van der Waals surface area contributed by atoms with Gasteiger partial charge in [0.1, 0.15) is 0 Å². The second-order valence-electron chi connectivity index (χ2n) is 2.58. The van der Waals surface area contributed by atoms with E-state index in [1.807, 2.05) is 0 Å². The van der Waals surface area contributed by atoms with Crippen molar-refractivity contribution in [3.05, 3.63) is 0 Å². The molecule has 0 aliphatic carbocycles. The Morgan fingerprint density at radius 2 is 2.09 bits per heavy atom. The van der Waals surface area contributed by atoms with Crippen molar-refractivity contribution < 1.29 is 9.90 Å². The van der Waals surface area contributed by atoms with E-state index in [2.05, 4.69) is 6.92 Å². The summed E-state index contributed by atoms with van der Waals surface area (Å²) in [5.74, 6) is 0.0486. The molecule has 0 rings (SSSR count). The van der Waals surface area contributed by atoms with Crippen LogP contribution in [0.3, 0.4) is 0 Å². The molecule has 0 aromatic heterocycles. The Balaban J connectivity index is 3.60. The van der Waals surface area contributed by atoms with Crippen molar-refractivity contribution in [2.24, 2.45) is 0 Å². The zero-order valence-corrected chi connectivity index (χ0v) is 7.34. The highest BCUT2D eigenvalue weighted by Gasteiger charge is 2.05. The number of carbonyl (C=O) groups is 1. The monoisotopic (exact) mass is 159 g/mol. The summed E-state index contributed by atoms with van der Waals surface area (Å²) < 4.78 is 0. The number of nitrogens with zero attached hydrogens (tertiary/aromatic N) is 1. The van der Waals surface area contributed by atoms with E-state index in [-0.39, 0.29) is 12.5 Å². The minimum Gasteiger partial charge on any atom is -0.395 e. The van der Waals surface area contributed by atoms with Crippen LogP contribution >= 0.6 is 0 Å². The lowest BCUT2D eigenvalue weighted by molar-refractivity contribution is -0.129. The third-order valence-electron chi connectivity index (χ3n) is 1.60. The predicted molar refractivity (Wildman–Crippen MR) is 44.2 cm³/mol. The highest BCUT2D eigenvalue weighted by Crippen LogP contribution is 1.94. The fraction of sp³-hybridized carbons (Fsp3) is 0.875. The smallest absolute Gasteiger partial charge is 0.219 e. The lowest BCUT2D eigenvalue weighted by Crippen LogP contribution is -2.32. The molecule has 0 saturated carbocycles. The summed E-state index contributed by atoms with van der Waals surface area (Å²) in [5.41, 5.74) is 0. The van der Waals surface area contributed by atoms with Gasteiger partial charge in [0, 0.05) is 20.0 Å². The molecule has 0 radical (unpaired) electrons. The van der Waals surface area contributed by atoms with Crippen LogP contribution in [0.1, 0.15) is 26.7 Å². The van der Waals surface area contributed by atoms with Crippen molar-refractivity contribution in [2.45, 2.75) is 26.7 Å². The molecule has 66 valence electrons. The van der Waals surface area contributed by atoms with Crippen molar-refractivity contribution in [3.8, 4) is 0 Å². The molecular weight excluding hydrogens is 142 g/mol. The van der Waals surface area contributed by atoms with Gasteiger partial charge >= 0.3 is 0 Å². The lowest BCUT2D eigenvalue weighted by Gasteiger charge is -2.18. The number of aliphatic hydroxyl groups is 1. The van der Waals surface area contributed by atoms with E-state index < -0.39 is 0 Å². The Bertz CT molecular complexity index is 115. The highest BCUT2D eigenvalue weighted by molar-refractivity contribution is 5.73. The topological polar surface area (TPSA) is 40.5 Å². The Morgan fingerprint density at radius 1 is 1.45 bits per heavy atom.